The summed E-state index contributed by atoms with van der Waals surface area (Å²) in [4.78, 5) is 2.39. The molecule has 5 aromatic rings. The van der Waals surface area contributed by atoms with Gasteiger partial charge in [0.25, 0.3) is 0 Å². The van der Waals surface area contributed by atoms with Crippen LogP contribution >= 0.6 is 0 Å². The van der Waals surface area contributed by atoms with Gasteiger partial charge in [0.15, 0.2) is 0 Å². The van der Waals surface area contributed by atoms with Gasteiger partial charge in [0.05, 0.1) is 0 Å². The van der Waals surface area contributed by atoms with E-state index in [0.29, 0.717) is 6.54 Å². The first-order valence-electron chi connectivity index (χ1n) is 12.4. The number of anilines is 1. The van der Waals surface area contributed by atoms with Crippen LogP contribution in [0, 0.1) is 5.82 Å². The molecule has 1 N–H and O–H groups in total. The van der Waals surface area contributed by atoms with Gasteiger partial charge in [-0.15, -0.1) is 0 Å². The summed E-state index contributed by atoms with van der Waals surface area (Å²) in [5.41, 5.74) is 8.56. The Morgan fingerprint density at radius 2 is 1.50 bits per heavy atom. The number of aromatic nitrogens is 1. The summed E-state index contributed by atoms with van der Waals surface area (Å²) >= 11 is 0. The lowest BCUT2D eigenvalue weighted by Crippen LogP contribution is -2.20. The van der Waals surface area contributed by atoms with E-state index in [4.69, 9.17) is 0 Å². The van der Waals surface area contributed by atoms with Gasteiger partial charge in [-0.1, -0.05) is 60.7 Å². The van der Waals surface area contributed by atoms with Crippen molar-refractivity contribution in [2.45, 2.75) is 19.5 Å². The Hall–Kier alpha value is -3.89. The SMILES string of the molecule is CN(CCc1ccc(-c2ccccc2)cc1)Cc1cn(C)c2ccc(CNc3ccc(F)cc3)cc12. The zero-order valence-corrected chi connectivity index (χ0v) is 20.9. The van der Waals surface area contributed by atoms with Crippen molar-refractivity contribution in [1.29, 1.82) is 0 Å². The quantitative estimate of drug-likeness (QED) is 0.241. The average Bonchev–Trinajstić information content (AvgIpc) is 3.22. The van der Waals surface area contributed by atoms with Crippen molar-refractivity contribution < 1.29 is 4.39 Å². The van der Waals surface area contributed by atoms with E-state index in [9.17, 15) is 4.39 Å². The van der Waals surface area contributed by atoms with E-state index in [2.05, 4.69) is 108 Å². The molecular weight excluding hydrogens is 445 g/mol. The van der Waals surface area contributed by atoms with E-state index in [-0.39, 0.29) is 5.82 Å². The summed E-state index contributed by atoms with van der Waals surface area (Å²) in [7, 11) is 4.30. The van der Waals surface area contributed by atoms with Crippen LogP contribution < -0.4 is 5.32 Å². The molecule has 0 saturated heterocycles. The minimum atomic E-state index is -0.218. The third-order valence-corrected chi connectivity index (χ3v) is 6.76. The highest BCUT2D eigenvalue weighted by molar-refractivity contribution is 5.84. The van der Waals surface area contributed by atoms with E-state index in [1.54, 1.807) is 12.1 Å². The molecule has 5 rings (SSSR count). The average molecular weight is 478 g/mol. The zero-order chi connectivity index (χ0) is 24.9. The van der Waals surface area contributed by atoms with Crippen LogP contribution in [-0.2, 0) is 26.6 Å². The Morgan fingerprint density at radius 3 is 2.25 bits per heavy atom. The Morgan fingerprint density at radius 1 is 0.806 bits per heavy atom. The molecular formula is C32H32FN3. The lowest BCUT2D eigenvalue weighted by atomic mass is 10.0. The van der Waals surface area contributed by atoms with Gasteiger partial charge < -0.3 is 14.8 Å². The summed E-state index contributed by atoms with van der Waals surface area (Å²) in [6.45, 7) is 2.59. The minimum Gasteiger partial charge on any atom is -0.381 e. The highest BCUT2D eigenvalue weighted by atomic mass is 19.1. The number of hydrogen-bond acceptors (Lipinski definition) is 2. The summed E-state index contributed by atoms with van der Waals surface area (Å²) in [6, 6.07) is 32.6. The maximum absolute atomic E-state index is 13.2. The normalized spacial score (nSPS) is 11.3. The Labute approximate surface area is 212 Å². The number of rotatable bonds is 9. The van der Waals surface area contributed by atoms with Crippen LogP contribution in [0.25, 0.3) is 22.0 Å². The zero-order valence-electron chi connectivity index (χ0n) is 20.9. The molecule has 1 aromatic heterocycles. The number of aryl methyl sites for hydroxylation is 1. The summed E-state index contributed by atoms with van der Waals surface area (Å²) in [6.07, 6.45) is 3.26. The van der Waals surface area contributed by atoms with Crippen molar-refractivity contribution in [3.05, 3.63) is 126 Å². The third kappa shape index (κ3) is 5.67. The highest BCUT2D eigenvalue weighted by Gasteiger charge is 2.10. The van der Waals surface area contributed by atoms with Gasteiger partial charge in [0, 0.05) is 49.5 Å². The summed E-state index contributed by atoms with van der Waals surface area (Å²) in [5, 5.41) is 4.68. The predicted octanol–water partition coefficient (Wildman–Crippen LogP) is 7.27. The van der Waals surface area contributed by atoms with Gasteiger partial charge in [0.2, 0.25) is 0 Å². The maximum atomic E-state index is 13.2. The molecule has 0 bridgehead atoms. The van der Waals surface area contributed by atoms with Crippen molar-refractivity contribution >= 4 is 16.6 Å². The smallest absolute Gasteiger partial charge is 0.123 e. The van der Waals surface area contributed by atoms with E-state index in [1.165, 1.54) is 50.9 Å². The number of hydrogen-bond donors (Lipinski definition) is 1. The van der Waals surface area contributed by atoms with Crippen molar-refractivity contribution in [3.8, 4) is 11.1 Å². The standard InChI is InChI=1S/C32H32FN3/c1-35(19-18-24-8-11-27(12-9-24)26-6-4-3-5-7-26)22-28-23-36(2)32-17-10-25(20-31(28)32)21-34-30-15-13-29(33)14-16-30/h3-17,20,23,34H,18-19,21-22H2,1-2H3. The molecule has 0 aliphatic heterocycles. The molecule has 0 atom stereocenters. The molecule has 4 aromatic carbocycles. The van der Waals surface area contributed by atoms with Gasteiger partial charge in [-0.05, 0) is 77.7 Å². The number of nitrogens with one attached hydrogen (secondary N) is 1. The molecule has 0 radical (unpaired) electrons. The molecule has 0 saturated carbocycles. The number of halogens is 1. The fourth-order valence-corrected chi connectivity index (χ4v) is 4.71. The fourth-order valence-electron chi connectivity index (χ4n) is 4.71. The largest absolute Gasteiger partial charge is 0.381 e. The maximum Gasteiger partial charge on any atom is 0.123 e. The Bertz CT molecular complexity index is 1420. The Balaban J connectivity index is 1.22. The Kier molecular flexibility index (Phi) is 7.15. The molecule has 0 unspecified atom stereocenters. The molecule has 3 nitrogen and oxygen atoms in total. The van der Waals surface area contributed by atoms with Crippen LogP contribution in [0.4, 0.5) is 10.1 Å². The van der Waals surface area contributed by atoms with Gasteiger partial charge in [-0.25, -0.2) is 4.39 Å². The van der Waals surface area contributed by atoms with Crippen LogP contribution in [0.2, 0.25) is 0 Å². The number of benzene rings is 4. The summed E-state index contributed by atoms with van der Waals surface area (Å²) in [5.74, 6) is -0.218. The van der Waals surface area contributed by atoms with E-state index in [0.717, 1.165) is 25.2 Å². The third-order valence-electron chi connectivity index (χ3n) is 6.76. The number of nitrogens with zero attached hydrogens (tertiary/aromatic N) is 2. The second kappa shape index (κ2) is 10.8. The lowest BCUT2D eigenvalue weighted by molar-refractivity contribution is 0.332. The molecule has 0 aliphatic carbocycles. The summed E-state index contributed by atoms with van der Waals surface area (Å²) < 4.78 is 15.4. The molecule has 1 heterocycles. The lowest BCUT2D eigenvalue weighted by Gasteiger charge is -2.16. The van der Waals surface area contributed by atoms with E-state index in [1.807, 2.05) is 0 Å². The van der Waals surface area contributed by atoms with Crippen LogP contribution in [-0.4, -0.2) is 23.1 Å². The molecule has 0 spiro atoms. The van der Waals surface area contributed by atoms with Crippen molar-refractivity contribution in [3.63, 3.8) is 0 Å². The number of likely N-dealkylation sites (N-methyl/N-ethyl adjacent to an activating group) is 1. The molecule has 0 aliphatic rings. The van der Waals surface area contributed by atoms with Crippen molar-refractivity contribution in [2.24, 2.45) is 7.05 Å². The first-order valence-corrected chi connectivity index (χ1v) is 12.4. The van der Waals surface area contributed by atoms with E-state index < -0.39 is 0 Å². The number of fused-ring (bicyclic) bond motifs is 1. The van der Waals surface area contributed by atoms with Crippen LogP contribution in [0.15, 0.2) is 103 Å². The molecule has 4 heteroatoms. The first-order chi connectivity index (χ1) is 17.5. The van der Waals surface area contributed by atoms with Gasteiger partial charge in [0.1, 0.15) is 5.82 Å². The topological polar surface area (TPSA) is 20.2 Å². The predicted molar refractivity (Wildman–Crippen MR) is 149 cm³/mol. The minimum absolute atomic E-state index is 0.218. The highest BCUT2D eigenvalue weighted by Crippen LogP contribution is 2.24. The molecule has 0 amide bonds. The second-order valence-corrected chi connectivity index (χ2v) is 9.53. The molecule has 36 heavy (non-hydrogen) atoms. The fraction of sp³-hybridized carbons (Fsp3) is 0.188. The van der Waals surface area contributed by atoms with Gasteiger partial charge in [-0.2, -0.15) is 0 Å². The van der Waals surface area contributed by atoms with Crippen molar-refractivity contribution in [1.82, 2.24) is 9.47 Å². The second-order valence-electron chi connectivity index (χ2n) is 9.53. The monoisotopic (exact) mass is 477 g/mol. The molecule has 0 fully saturated rings. The van der Waals surface area contributed by atoms with Gasteiger partial charge in [-0.3, -0.25) is 0 Å². The first kappa shape index (κ1) is 23.8. The van der Waals surface area contributed by atoms with E-state index >= 15 is 0 Å². The van der Waals surface area contributed by atoms with Crippen LogP contribution in [0.3, 0.4) is 0 Å². The molecule has 182 valence electrons. The van der Waals surface area contributed by atoms with Crippen LogP contribution in [0.1, 0.15) is 16.7 Å². The van der Waals surface area contributed by atoms with Crippen LogP contribution in [0.5, 0.6) is 0 Å². The van der Waals surface area contributed by atoms with Gasteiger partial charge >= 0.3 is 0 Å². The van der Waals surface area contributed by atoms with Crippen molar-refractivity contribution in [2.75, 3.05) is 18.9 Å².